The molecule has 1 aliphatic heterocycles. The summed E-state index contributed by atoms with van der Waals surface area (Å²) in [6.07, 6.45) is 9.17. The van der Waals surface area contributed by atoms with Crippen LogP contribution in [0.15, 0.2) is 54.0 Å². The highest BCUT2D eigenvalue weighted by molar-refractivity contribution is 6.31. The van der Waals surface area contributed by atoms with E-state index in [-0.39, 0.29) is 0 Å². The molecule has 2 heterocycles. The molecule has 3 nitrogen and oxygen atoms in total. The van der Waals surface area contributed by atoms with Crippen molar-refractivity contribution in [3.05, 3.63) is 65.5 Å². The van der Waals surface area contributed by atoms with Crippen LogP contribution in [0.5, 0.6) is 0 Å². The average molecular weight is 260 g/mol. The fraction of sp³-hybridized carbons (Fsp3) is 0.143. The maximum Gasteiger partial charge on any atom is 0.176 e. The molecule has 4 heteroatoms. The highest BCUT2D eigenvalue weighted by Gasteiger charge is 2.16. The van der Waals surface area contributed by atoms with Gasteiger partial charge in [-0.1, -0.05) is 24.3 Å². The monoisotopic (exact) mass is 259 g/mol. The van der Waals surface area contributed by atoms with Crippen LogP contribution in [0.3, 0.4) is 0 Å². The molecule has 0 fully saturated rings. The molecule has 0 atom stereocenters. The fourth-order valence-electron chi connectivity index (χ4n) is 1.68. The van der Waals surface area contributed by atoms with E-state index in [2.05, 4.69) is 16.5 Å². The van der Waals surface area contributed by atoms with Crippen LogP contribution in [-0.2, 0) is 0 Å². The van der Waals surface area contributed by atoms with Gasteiger partial charge in [0.2, 0.25) is 0 Å². The van der Waals surface area contributed by atoms with Crippen LogP contribution in [0.1, 0.15) is 18.4 Å². The summed E-state index contributed by atoms with van der Waals surface area (Å²) in [5, 5.41) is 0.648. The number of hydrogen-bond acceptors (Lipinski definition) is 3. The molecular formula is C14H14ClN3. The highest BCUT2D eigenvalue weighted by Crippen LogP contribution is 2.26. The summed E-state index contributed by atoms with van der Waals surface area (Å²) in [6.45, 7) is 7.86. The smallest absolute Gasteiger partial charge is 0.176 e. The van der Waals surface area contributed by atoms with E-state index in [0.717, 1.165) is 17.1 Å². The van der Waals surface area contributed by atoms with Crippen LogP contribution < -0.4 is 0 Å². The van der Waals surface area contributed by atoms with Crippen LogP contribution in [0.2, 0.25) is 0 Å². The lowest BCUT2D eigenvalue weighted by Crippen LogP contribution is -2.17. The predicted octanol–water partition coefficient (Wildman–Crippen LogP) is 3.61. The Morgan fingerprint density at radius 3 is 2.89 bits per heavy atom. The molecule has 0 aromatic carbocycles. The van der Waals surface area contributed by atoms with Gasteiger partial charge in [0.25, 0.3) is 0 Å². The summed E-state index contributed by atoms with van der Waals surface area (Å²) >= 11 is 6.02. The van der Waals surface area contributed by atoms with E-state index >= 15 is 0 Å². The van der Waals surface area contributed by atoms with Crippen molar-refractivity contribution in [2.75, 3.05) is 0 Å². The fourth-order valence-corrected chi connectivity index (χ4v) is 1.84. The number of aryl methyl sites for hydroxylation is 1. The third kappa shape index (κ3) is 2.51. The zero-order valence-electron chi connectivity index (χ0n) is 10.4. The van der Waals surface area contributed by atoms with E-state index in [1.165, 1.54) is 0 Å². The van der Waals surface area contributed by atoms with Gasteiger partial charge < -0.3 is 4.90 Å². The number of rotatable bonds is 2. The van der Waals surface area contributed by atoms with Crippen molar-refractivity contribution in [1.29, 1.82) is 0 Å². The van der Waals surface area contributed by atoms with Crippen molar-refractivity contribution in [3.63, 3.8) is 0 Å². The van der Waals surface area contributed by atoms with Crippen LogP contribution in [0.25, 0.3) is 5.70 Å². The summed E-state index contributed by atoms with van der Waals surface area (Å²) in [5.74, 6) is 0.662. The van der Waals surface area contributed by atoms with Crippen molar-refractivity contribution in [1.82, 2.24) is 14.9 Å². The first kappa shape index (κ1) is 12.6. The molecule has 0 amide bonds. The predicted molar refractivity (Wildman–Crippen MR) is 74.5 cm³/mol. The lowest BCUT2D eigenvalue weighted by atomic mass is 10.2. The van der Waals surface area contributed by atoms with Gasteiger partial charge in [0.1, 0.15) is 0 Å². The summed E-state index contributed by atoms with van der Waals surface area (Å²) in [4.78, 5) is 10.6. The first-order chi connectivity index (χ1) is 8.61. The molecule has 1 aliphatic rings. The molecule has 0 N–H and O–H groups in total. The minimum atomic E-state index is 0.648. The Morgan fingerprint density at radius 1 is 1.44 bits per heavy atom. The number of halogens is 1. The second-order valence-electron chi connectivity index (χ2n) is 3.90. The van der Waals surface area contributed by atoms with Crippen molar-refractivity contribution in [2.24, 2.45) is 0 Å². The number of allylic oxidation sites excluding steroid dienone is 4. The maximum atomic E-state index is 6.02. The Hall–Kier alpha value is -1.87. The first-order valence-corrected chi connectivity index (χ1v) is 5.99. The van der Waals surface area contributed by atoms with Gasteiger partial charge in [-0.15, -0.1) is 0 Å². The second kappa shape index (κ2) is 5.19. The van der Waals surface area contributed by atoms with Crippen molar-refractivity contribution in [2.45, 2.75) is 13.8 Å². The van der Waals surface area contributed by atoms with Gasteiger partial charge in [0, 0.05) is 23.8 Å². The van der Waals surface area contributed by atoms with Crippen molar-refractivity contribution < 1.29 is 0 Å². The lowest BCUT2D eigenvalue weighted by Gasteiger charge is -2.25. The van der Waals surface area contributed by atoms with E-state index in [9.17, 15) is 0 Å². The van der Waals surface area contributed by atoms with Gasteiger partial charge in [0.15, 0.2) is 5.82 Å². The Morgan fingerprint density at radius 2 is 2.22 bits per heavy atom. The maximum absolute atomic E-state index is 6.02. The van der Waals surface area contributed by atoms with Crippen LogP contribution >= 0.6 is 11.6 Å². The van der Waals surface area contributed by atoms with Crippen molar-refractivity contribution in [3.8, 4) is 0 Å². The minimum Gasteiger partial charge on any atom is -0.313 e. The Labute approximate surface area is 112 Å². The van der Waals surface area contributed by atoms with E-state index in [1.54, 1.807) is 6.20 Å². The van der Waals surface area contributed by atoms with E-state index in [4.69, 9.17) is 11.6 Å². The summed E-state index contributed by atoms with van der Waals surface area (Å²) in [5.41, 5.74) is 2.62. The summed E-state index contributed by atoms with van der Waals surface area (Å²) in [7, 11) is 0. The normalized spacial score (nSPS) is 15.9. The topological polar surface area (TPSA) is 29.0 Å². The van der Waals surface area contributed by atoms with Crippen molar-refractivity contribution >= 4 is 17.3 Å². The molecule has 0 bridgehead atoms. The largest absolute Gasteiger partial charge is 0.313 e. The van der Waals surface area contributed by atoms with Gasteiger partial charge in [0.05, 0.1) is 10.7 Å². The molecule has 0 saturated heterocycles. The standard InChI is InChI=1S/C14H14ClN3/c1-4-13(14-16-8-7-10(2)17-14)18-9-12(15)6-5-11(18)3/h4-9H,3H2,1-2H3/b13-4-. The number of nitrogens with zero attached hydrogens (tertiary/aromatic N) is 3. The molecule has 0 radical (unpaired) electrons. The molecular weight excluding hydrogens is 246 g/mol. The molecule has 0 unspecified atom stereocenters. The molecule has 1 aromatic heterocycles. The van der Waals surface area contributed by atoms with Gasteiger partial charge in [-0.25, -0.2) is 9.97 Å². The quantitative estimate of drug-likeness (QED) is 0.812. The van der Waals surface area contributed by atoms with Crippen LogP contribution in [0, 0.1) is 6.92 Å². The van der Waals surface area contributed by atoms with Gasteiger partial charge >= 0.3 is 0 Å². The number of aromatic nitrogens is 2. The zero-order chi connectivity index (χ0) is 13.1. The first-order valence-electron chi connectivity index (χ1n) is 5.61. The molecule has 18 heavy (non-hydrogen) atoms. The minimum absolute atomic E-state index is 0.648. The third-order valence-corrected chi connectivity index (χ3v) is 2.78. The molecule has 0 saturated carbocycles. The van der Waals surface area contributed by atoms with E-state index in [0.29, 0.717) is 10.9 Å². The van der Waals surface area contributed by atoms with Gasteiger partial charge in [-0.05, 0) is 32.1 Å². The molecule has 0 aliphatic carbocycles. The summed E-state index contributed by atoms with van der Waals surface area (Å²) < 4.78 is 0. The number of hydrogen-bond donors (Lipinski definition) is 0. The Kier molecular flexibility index (Phi) is 3.63. The SMILES string of the molecule is C=C1C=CC(Cl)=CN1/C(=C\C)c1nccc(C)n1. The zero-order valence-corrected chi connectivity index (χ0v) is 11.1. The van der Waals surface area contributed by atoms with Gasteiger partial charge in [-0.2, -0.15) is 0 Å². The highest BCUT2D eigenvalue weighted by atomic mass is 35.5. The Bertz CT molecular complexity index is 570. The van der Waals surface area contributed by atoms with E-state index < -0.39 is 0 Å². The van der Waals surface area contributed by atoms with E-state index in [1.807, 2.05) is 49.2 Å². The van der Waals surface area contributed by atoms with Gasteiger partial charge in [-0.3, -0.25) is 0 Å². The molecule has 1 aromatic rings. The lowest BCUT2D eigenvalue weighted by molar-refractivity contribution is 0.664. The second-order valence-corrected chi connectivity index (χ2v) is 4.34. The van der Waals surface area contributed by atoms with Crippen LogP contribution in [-0.4, -0.2) is 14.9 Å². The molecule has 0 spiro atoms. The van der Waals surface area contributed by atoms with Crippen LogP contribution in [0.4, 0.5) is 0 Å². The molecule has 92 valence electrons. The Balaban J connectivity index is 2.42. The summed E-state index contributed by atoms with van der Waals surface area (Å²) in [6, 6.07) is 1.87. The third-order valence-electron chi connectivity index (χ3n) is 2.55. The average Bonchev–Trinajstić information content (AvgIpc) is 2.35. The molecule has 2 rings (SSSR count).